The maximum Gasteiger partial charge on any atom is 0.405 e. The van der Waals surface area contributed by atoms with Crippen LogP contribution in [-0.4, -0.2) is 56.9 Å². The number of carbonyl (C=O) groups is 3. The molecule has 0 spiro atoms. The first-order chi connectivity index (χ1) is 17.1. The van der Waals surface area contributed by atoms with Crippen molar-refractivity contribution in [2.75, 3.05) is 6.61 Å². The van der Waals surface area contributed by atoms with Crippen LogP contribution in [0, 0.1) is 34.0 Å². The number of allylic oxidation sites excluding steroid dienone is 4. The molecule has 4 N–H and O–H groups in total. The third-order valence-corrected chi connectivity index (χ3v) is 11.0. The second-order valence-electron chi connectivity index (χ2n) is 13.1. The van der Waals surface area contributed by atoms with Gasteiger partial charge in [0.2, 0.25) is 0 Å². The Kier molecular flexibility index (Phi) is 6.81. The number of nitrogens with one attached hydrogen (secondary N) is 1. The van der Waals surface area contributed by atoms with Gasteiger partial charge in [0.15, 0.2) is 17.2 Å². The quantitative estimate of drug-likeness (QED) is 0.396. The van der Waals surface area contributed by atoms with Crippen LogP contribution in [0.5, 0.6) is 0 Å². The Hall–Kier alpha value is -2.06. The van der Waals surface area contributed by atoms with Crippen LogP contribution < -0.4 is 5.32 Å². The first kappa shape index (κ1) is 28.0. The first-order valence-electron chi connectivity index (χ1n) is 13.6. The maximum absolute atomic E-state index is 17.4. The second kappa shape index (κ2) is 9.01. The van der Waals surface area contributed by atoms with Gasteiger partial charge in [-0.3, -0.25) is 9.59 Å². The smallest absolute Gasteiger partial charge is 0.405 e. The number of carbonyl (C=O) groups excluding carboxylic acids is 2. The zero-order chi connectivity index (χ0) is 27.6. The molecule has 4 aliphatic rings. The van der Waals surface area contributed by atoms with Crippen LogP contribution >= 0.6 is 0 Å². The summed E-state index contributed by atoms with van der Waals surface area (Å²) < 4.78 is 17.4. The summed E-state index contributed by atoms with van der Waals surface area (Å²) in [6, 6.07) is 0. The molecule has 4 aliphatic carbocycles. The fourth-order valence-electron chi connectivity index (χ4n) is 9.22. The summed E-state index contributed by atoms with van der Waals surface area (Å²) in [5, 5.41) is 33.4. The van der Waals surface area contributed by atoms with E-state index in [1.165, 1.54) is 12.2 Å². The fraction of sp³-hybridized carbons (Fsp3) is 0.759. The van der Waals surface area contributed by atoms with Gasteiger partial charge in [-0.1, -0.05) is 31.9 Å². The molecule has 0 aliphatic heterocycles. The molecule has 8 atom stereocenters. The van der Waals surface area contributed by atoms with Crippen molar-refractivity contribution in [3.8, 4) is 0 Å². The third-order valence-electron chi connectivity index (χ3n) is 11.0. The molecule has 8 heteroatoms. The molecule has 0 aromatic rings. The Bertz CT molecular complexity index is 1050. The highest BCUT2D eigenvalue weighted by Crippen LogP contribution is 2.74. The molecular formula is C29H42FNO6. The fourth-order valence-corrected chi connectivity index (χ4v) is 9.22. The van der Waals surface area contributed by atoms with Gasteiger partial charge in [0, 0.05) is 22.3 Å². The van der Waals surface area contributed by atoms with Gasteiger partial charge < -0.3 is 20.6 Å². The highest BCUT2D eigenvalue weighted by Gasteiger charge is 2.75. The monoisotopic (exact) mass is 519 g/mol. The van der Waals surface area contributed by atoms with Gasteiger partial charge in [-0.25, -0.2) is 9.18 Å². The van der Waals surface area contributed by atoms with Crippen LogP contribution in [0.2, 0.25) is 0 Å². The molecule has 37 heavy (non-hydrogen) atoms. The average Bonchev–Trinajstić information content (AvgIpc) is 3.01. The Balaban J connectivity index is 1.72. The van der Waals surface area contributed by atoms with E-state index >= 15 is 4.39 Å². The van der Waals surface area contributed by atoms with E-state index in [0.717, 1.165) is 5.57 Å². The second-order valence-corrected chi connectivity index (χ2v) is 13.1. The standard InChI is InChI=1S/C29H42FNO6/c1-17-13-21-20-8-7-18-14-19(33)9-12-26(18,4)29(20,30)22(34)15-27(21,5)28(17,23(35)16-32)11-6-10-25(2,3)31-24(36)37/h9,12,14,17,20-22,31-32,34H,6-8,10-11,13,15-16H2,1-5H3,(H,36,37)/t17-,20?,21?,22-,26-,27-,28-,29?/m0/s1. The largest absolute Gasteiger partial charge is 0.465 e. The Morgan fingerprint density at radius 2 is 1.92 bits per heavy atom. The summed E-state index contributed by atoms with van der Waals surface area (Å²) in [4.78, 5) is 36.9. The van der Waals surface area contributed by atoms with Crippen molar-refractivity contribution in [2.45, 2.75) is 96.9 Å². The van der Waals surface area contributed by atoms with Crippen LogP contribution in [0.15, 0.2) is 23.8 Å². The number of carboxylic acid groups (broad SMARTS) is 1. The summed E-state index contributed by atoms with van der Waals surface area (Å²) in [5.74, 6) is -1.26. The van der Waals surface area contributed by atoms with E-state index in [-0.39, 0.29) is 29.8 Å². The third kappa shape index (κ3) is 3.84. The predicted octanol–water partition coefficient (Wildman–Crippen LogP) is 4.37. The number of hydrogen-bond donors (Lipinski definition) is 4. The van der Waals surface area contributed by atoms with E-state index < -0.39 is 52.2 Å². The molecule has 3 fully saturated rings. The number of aliphatic hydroxyl groups excluding tert-OH is 2. The number of amides is 1. The summed E-state index contributed by atoms with van der Waals surface area (Å²) in [6.07, 6.45) is 5.31. The number of aliphatic hydroxyl groups is 2. The molecule has 7 nitrogen and oxygen atoms in total. The Morgan fingerprint density at radius 3 is 2.54 bits per heavy atom. The summed E-state index contributed by atoms with van der Waals surface area (Å²) in [6.45, 7) is 8.73. The van der Waals surface area contributed by atoms with Crippen molar-refractivity contribution in [3.63, 3.8) is 0 Å². The molecule has 0 aromatic carbocycles. The minimum atomic E-state index is -1.97. The highest BCUT2D eigenvalue weighted by atomic mass is 19.1. The molecule has 0 bridgehead atoms. The zero-order valence-electron chi connectivity index (χ0n) is 22.6. The summed E-state index contributed by atoms with van der Waals surface area (Å²) in [5.41, 5.74) is -4.72. The van der Waals surface area contributed by atoms with E-state index in [0.29, 0.717) is 38.5 Å². The number of halogens is 1. The van der Waals surface area contributed by atoms with Crippen LogP contribution in [0.25, 0.3) is 0 Å². The predicted molar refractivity (Wildman–Crippen MR) is 137 cm³/mol. The maximum atomic E-state index is 17.4. The van der Waals surface area contributed by atoms with E-state index in [2.05, 4.69) is 5.32 Å². The molecule has 0 aromatic heterocycles. The number of Topliss-reactive ketones (excluding diaryl/α,β-unsaturated/α-hetero) is 1. The van der Waals surface area contributed by atoms with Gasteiger partial charge in [0.05, 0.1) is 6.10 Å². The molecule has 206 valence electrons. The molecule has 4 rings (SSSR count). The zero-order valence-corrected chi connectivity index (χ0v) is 22.6. The summed E-state index contributed by atoms with van der Waals surface area (Å²) in [7, 11) is 0. The van der Waals surface area contributed by atoms with Gasteiger partial charge in [-0.2, -0.15) is 0 Å². The summed E-state index contributed by atoms with van der Waals surface area (Å²) >= 11 is 0. The van der Waals surface area contributed by atoms with Crippen molar-refractivity contribution in [2.24, 2.45) is 34.0 Å². The number of ketones is 2. The molecule has 0 radical (unpaired) electrons. The van der Waals surface area contributed by atoms with Gasteiger partial charge in [-0.05, 0) is 88.7 Å². The van der Waals surface area contributed by atoms with Gasteiger partial charge in [0.25, 0.3) is 0 Å². The molecule has 0 saturated heterocycles. The lowest BCUT2D eigenvalue weighted by molar-refractivity contribution is -0.208. The van der Waals surface area contributed by atoms with Crippen molar-refractivity contribution in [1.29, 1.82) is 0 Å². The van der Waals surface area contributed by atoms with Gasteiger partial charge >= 0.3 is 6.09 Å². The van der Waals surface area contributed by atoms with E-state index in [9.17, 15) is 24.6 Å². The van der Waals surface area contributed by atoms with Crippen molar-refractivity contribution >= 4 is 17.7 Å². The van der Waals surface area contributed by atoms with Gasteiger partial charge in [-0.15, -0.1) is 0 Å². The van der Waals surface area contributed by atoms with Gasteiger partial charge in [0.1, 0.15) is 6.61 Å². The molecular weight excluding hydrogens is 477 g/mol. The number of alkyl halides is 1. The SMILES string of the molecule is C[C@H]1CC2C3CCC4=CC(=O)C=C[C@]4(C)C3(F)[C@@H](O)C[C@]2(C)[C@]1(CCCC(C)(C)NC(=O)O)C(=O)CO. The van der Waals surface area contributed by atoms with Crippen LogP contribution in [0.3, 0.4) is 0 Å². The molecule has 0 heterocycles. The van der Waals surface area contributed by atoms with Crippen molar-refractivity contribution < 1.29 is 34.1 Å². The molecule has 3 saturated carbocycles. The normalized spacial score (nSPS) is 42.9. The topological polar surface area (TPSA) is 124 Å². The number of hydrogen-bond acceptors (Lipinski definition) is 5. The number of rotatable bonds is 7. The lowest BCUT2D eigenvalue weighted by Gasteiger charge is -2.63. The minimum Gasteiger partial charge on any atom is -0.465 e. The van der Waals surface area contributed by atoms with Crippen LogP contribution in [-0.2, 0) is 9.59 Å². The molecule has 3 unspecified atom stereocenters. The van der Waals surface area contributed by atoms with Crippen LogP contribution in [0.4, 0.5) is 9.18 Å². The minimum absolute atomic E-state index is 0.0855. The number of fused-ring (bicyclic) bond motifs is 5. The highest BCUT2D eigenvalue weighted by molar-refractivity contribution is 6.01. The lowest BCUT2D eigenvalue weighted by Crippen LogP contribution is -2.68. The van der Waals surface area contributed by atoms with E-state index in [1.54, 1.807) is 26.8 Å². The van der Waals surface area contributed by atoms with Crippen molar-refractivity contribution in [1.82, 2.24) is 5.32 Å². The van der Waals surface area contributed by atoms with E-state index in [4.69, 9.17) is 5.11 Å². The van der Waals surface area contributed by atoms with Crippen molar-refractivity contribution in [3.05, 3.63) is 23.8 Å². The van der Waals surface area contributed by atoms with E-state index in [1.807, 2.05) is 13.8 Å². The Morgan fingerprint density at radius 1 is 1.24 bits per heavy atom. The lowest BCUT2D eigenvalue weighted by atomic mass is 9.42. The first-order valence-corrected chi connectivity index (χ1v) is 13.6. The Labute approximate surface area is 218 Å². The average molecular weight is 520 g/mol. The van der Waals surface area contributed by atoms with Crippen LogP contribution in [0.1, 0.15) is 79.6 Å². The molecule has 1 amide bonds.